The van der Waals surface area contributed by atoms with Crippen LogP contribution >= 0.6 is 15.9 Å². The summed E-state index contributed by atoms with van der Waals surface area (Å²) in [5, 5.41) is 0. The van der Waals surface area contributed by atoms with Crippen molar-refractivity contribution < 1.29 is 9.53 Å². The molecule has 0 spiro atoms. The molecular weight excluding hydrogens is 318 g/mol. The highest BCUT2D eigenvalue weighted by atomic mass is 79.9. The van der Waals surface area contributed by atoms with Gasteiger partial charge in [0.05, 0.1) is 0 Å². The van der Waals surface area contributed by atoms with Gasteiger partial charge in [0.25, 0.3) is 0 Å². The number of carbonyl (C=O) groups is 1. The Hall–Kier alpha value is -1.65. The minimum absolute atomic E-state index is 0.194. The van der Waals surface area contributed by atoms with Crippen LogP contribution in [0.1, 0.15) is 18.1 Å². The van der Waals surface area contributed by atoms with Crippen molar-refractivity contribution in [2.75, 3.05) is 0 Å². The Morgan fingerprint density at radius 3 is 2.40 bits per heavy atom. The number of ether oxygens (including phenoxy) is 1. The molecule has 2 N–H and O–H groups in total. The summed E-state index contributed by atoms with van der Waals surface area (Å²) in [5.41, 5.74) is 6.59. The van der Waals surface area contributed by atoms with E-state index < -0.39 is 11.5 Å². The van der Waals surface area contributed by atoms with Crippen molar-refractivity contribution in [2.24, 2.45) is 5.73 Å². The van der Waals surface area contributed by atoms with E-state index in [0.29, 0.717) is 0 Å². The number of hydrogen-bond acceptors (Lipinski definition) is 3. The first-order valence-corrected chi connectivity index (χ1v) is 7.06. The summed E-state index contributed by atoms with van der Waals surface area (Å²) in [6, 6.07) is 16.8. The number of carbonyl (C=O) groups excluding carboxylic acids is 1. The van der Waals surface area contributed by atoms with Crippen molar-refractivity contribution in [2.45, 2.75) is 19.1 Å². The van der Waals surface area contributed by atoms with Crippen LogP contribution in [0.5, 0.6) is 0 Å². The zero-order chi connectivity index (χ0) is 14.6. The van der Waals surface area contributed by atoms with Crippen molar-refractivity contribution in [1.29, 1.82) is 0 Å². The minimum Gasteiger partial charge on any atom is -0.459 e. The van der Waals surface area contributed by atoms with Crippen LogP contribution in [0.2, 0.25) is 0 Å². The third-order valence-electron chi connectivity index (χ3n) is 3.11. The van der Waals surface area contributed by atoms with Gasteiger partial charge in [-0.25, -0.2) is 4.79 Å². The lowest BCUT2D eigenvalue weighted by Crippen LogP contribution is -2.43. The molecule has 0 radical (unpaired) electrons. The quantitative estimate of drug-likeness (QED) is 0.873. The lowest BCUT2D eigenvalue weighted by atomic mass is 9.93. The summed E-state index contributed by atoms with van der Waals surface area (Å²) < 4.78 is 6.24. The summed E-state index contributed by atoms with van der Waals surface area (Å²) >= 11 is 3.42. The van der Waals surface area contributed by atoms with E-state index in [0.717, 1.165) is 15.6 Å². The summed E-state index contributed by atoms with van der Waals surface area (Å²) in [4.78, 5) is 12.2. The largest absolute Gasteiger partial charge is 0.459 e. The lowest BCUT2D eigenvalue weighted by Gasteiger charge is -2.23. The van der Waals surface area contributed by atoms with Crippen LogP contribution in [0.4, 0.5) is 0 Å². The van der Waals surface area contributed by atoms with Gasteiger partial charge in [-0.1, -0.05) is 64.5 Å². The Morgan fingerprint density at radius 2 is 1.75 bits per heavy atom. The predicted molar refractivity (Wildman–Crippen MR) is 81.9 cm³/mol. The molecule has 0 saturated carbocycles. The van der Waals surface area contributed by atoms with Crippen molar-refractivity contribution in [3.8, 4) is 0 Å². The normalized spacial score (nSPS) is 13.6. The first-order valence-electron chi connectivity index (χ1n) is 6.27. The summed E-state index contributed by atoms with van der Waals surface area (Å²) in [6.07, 6.45) is 0. The number of nitrogens with two attached hydrogens (primary N) is 1. The molecule has 0 aliphatic carbocycles. The van der Waals surface area contributed by atoms with E-state index in [4.69, 9.17) is 10.5 Å². The maximum Gasteiger partial charge on any atom is 0.330 e. The second kappa shape index (κ2) is 6.20. The topological polar surface area (TPSA) is 52.3 Å². The van der Waals surface area contributed by atoms with Gasteiger partial charge < -0.3 is 10.5 Å². The van der Waals surface area contributed by atoms with E-state index in [9.17, 15) is 4.79 Å². The van der Waals surface area contributed by atoms with Gasteiger partial charge in [-0.2, -0.15) is 0 Å². The van der Waals surface area contributed by atoms with E-state index in [1.807, 2.05) is 54.6 Å². The molecule has 0 fully saturated rings. The molecule has 0 aromatic heterocycles. The number of halogens is 1. The van der Waals surface area contributed by atoms with Crippen molar-refractivity contribution in [3.63, 3.8) is 0 Å². The van der Waals surface area contributed by atoms with E-state index in [2.05, 4.69) is 15.9 Å². The standard InChI is InChI=1S/C16H16BrNO2/c1-16(18,13-8-3-2-4-9-13)15(19)20-11-12-7-5-6-10-14(12)17/h2-10H,11,18H2,1H3. The van der Waals surface area contributed by atoms with Crippen molar-refractivity contribution in [1.82, 2.24) is 0 Å². The molecule has 0 aliphatic heterocycles. The van der Waals surface area contributed by atoms with Gasteiger partial charge in [-0.15, -0.1) is 0 Å². The van der Waals surface area contributed by atoms with E-state index in [-0.39, 0.29) is 6.61 Å². The Kier molecular flexibility index (Phi) is 4.57. The Balaban J connectivity index is 2.07. The lowest BCUT2D eigenvalue weighted by molar-refractivity contribution is -0.151. The third-order valence-corrected chi connectivity index (χ3v) is 3.89. The zero-order valence-electron chi connectivity index (χ0n) is 11.2. The van der Waals surface area contributed by atoms with Crippen LogP contribution in [0.3, 0.4) is 0 Å². The molecule has 0 saturated heterocycles. The number of rotatable bonds is 4. The Bertz CT molecular complexity index is 596. The monoisotopic (exact) mass is 333 g/mol. The maximum absolute atomic E-state index is 12.2. The van der Waals surface area contributed by atoms with Gasteiger partial charge in [0.1, 0.15) is 12.1 Å². The molecule has 0 aliphatic rings. The summed E-state index contributed by atoms with van der Waals surface area (Å²) in [5.74, 6) is -0.445. The highest BCUT2D eigenvalue weighted by Gasteiger charge is 2.32. The molecule has 4 heteroatoms. The first kappa shape index (κ1) is 14.8. The van der Waals surface area contributed by atoms with Crippen LogP contribution in [0.15, 0.2) is 59.1 Å². The van der Waals surface area contributed by atoms with Gasteiger partial charge >= 0.3 is 5.97 Å². The molecule has 2 rings (SSSR count). The molecular formula is C16H16BrNO2. The maximum atomic E-state index is 12.2. The van der Waals surface area contributed by atoms with Crippen LogP contribution in [0, 0.1) is 0 Å². The highest BCUT2D eigenvalue weighted by Crippen LogP contribution is 2.21. The number of esters is 1. The molecule has 104 valence electrons. The SMILES string of the molecule is CC(N)(C(=O)OCc1ccccc1Br)c1ccccc1. The van der Waals surface area contributed by atoms with Gasteiger partial charge in [-0.3, -0.25) is 0 Å². The van der Waals surface area contributed by atoms with Gasteiger partial charge in [0.2, 0.25) is 0 Å². The molecule has 2 aromatic rings. The van der Waals surface area contributed by atoms with Crippen molar-refractivity contribution in [3.05, 3.63) is 70.2 Å². The molecule has 2 aromatic carbocycles. The van der Waals surface area contributed by atoms with Gasteiger partial charge in [0.15, 0.2) is 0 Å². The second-order valence-corrected chi connectivity index (χ2v) is 5.59. The Morgan fingerprint density at radius 1 is 1.15 bits per heavy atom. The smallest absolute Gasteiger partial charge is 0.330 e. The van der Waals surface area contributed by atoms with Crippen LogP contribution in [-0.4, -0.2) is 5.97 Å². The summed E-state index contributed by atoms with van der Waals surface area (Å²) in [7, 11) is 0. The molecule has 3 nitrogen and oxygen atoms in total. The molecule has 0 bridgehead atoms. The third kappa shape index (κ3) is 3.26. The molecule has 0 heterocycles. The fourth-order valence-electron chi connectivity index (χ4n) is 1.81. The van der Waals surface area contributed by atoms with Crippen LogP contribution in [-0.2, 0) is 21.7 Å². The van der Waals surface area contributed by atoms with E-state index in [1.54, 1.807) is 6.92 Å². The van der Waals surface area contributed by atoms with Crippen LogP contribution in [0.25, 0.3) is 0 Å². The first-order chi connectivity index (χ1) is 9.51. The molecule has 20 heavy (non-hydrogen) atoms. The molecule has 1 unspecified atom stereocenters. The van der Waals surface area contributed by atoms with E-state index in [1.165, 1.54) is 0 Å². The molecule has 1 atom stereocenters. The molecule has 0 amide bonds. The number of benzene rings is 2. The fourth-order valence-corrected chi connectivity index (χ4v) is 2.21. The fraction of sp³-hybridized carbons (Fsp3) is 0.188. The zero-order valence-corrected chi connectivity index (χ0v) is 12.8. The van der Waals surface area contributed by atoms with Crippen LogP contribution < -0.4 is 5.73 Å². The average Bonchev–Trinajstić information content (AvgIpc) is 2.47. The average molecular weight is 334 g/mol. The number of hydrogen-bond donors (Lipinski definition) is 1. The Labute approximate surface area is 126 Å². The van der Waals surface area contributed by atoms with Gasteiger partial charge in [-0.05, 0) is 18.6 Å². The van der Waals surface area contributed by atoms with Crippen molar-refractivity contribution >= 4 is 21.9 Å². The predicted octanol–water partition coefficient (Wildman–Crippen LogP) is 3.37. The highest BCUT2D eigenvalue weighted by molar-refractivity contribution is 9.10. The van der Waals surface area contributed by atoms with Gasteiger partial charge in [0, 0.05) is 10.0 Å². The second-order valence-electron chi connectivity index (χ2n) is 4.74. The van der Waals surface area contributed by atoms with E-state index >= 15 is 0 Å². The minimum atomic E-state index is -1.15. The summed E-state index contributed by atoms with van der Waals surface area (Å²) in [6.45, 7) is 1.85.